The second-order valence-electron chi connectivity index (χ2n) is 5.97. The Labute approximate surface area is 113 Å². The number of benzene rings is 2. The minimum Gasteiger partial charge on any atom is -0.0744 e. The van der Waals surface area contributed by atoms with E-state index in [0.29, 0.717) is 0 Å². The van der Waals surface area contributed by atoms with Crippen molar-refractivity contribution in [2.75, 3.05) is 0 Å². The van der Waals surface area contributed by atoms with Crippen LogP contribution in [0.15, 0.2) is 42.5 Å². The fraction of sp³-hybridized carbons (Fsp3) is 0.158. The van der Waals surface area contributed by atoms with Crippen molar-refractivity contribution >= 4 is 29.0 Å². The first-order chi connectivity index (χ1) is 9.17. The molecule has 0 aliphatic heterocycles. The van der Waals surface area contributed by atoms with E-state index >= 15 is 0 Å². The van der Waals surface area contributed by atoms with Gasteiger partial charge in [0.2, 0.25) is 0 Å². The fourth-order valence-corrected chi connectivity index (χ4v) is 3.38. The van der Waals surface area contributed by atoms with Gasteiger partial charge in [-0.2, -0.15) is 0 Å². The highest BCUT2D eigenvalue weighted by Gasteiger charge is 2.23. The lowest BCUT2D eigenvalue weighted by molar-refractivity contribution is 0.669. The van der Waals surface area contributed by atoms with Crippen LogP contribution in [0.3, 0.4) is 0 Å². The highest BCUT2D eigenvalue weighted by molar-refractivity contribution is 5.96. The molecule has 0 heteroatoms. The molecule has 19 heavy (non-hydrogen) atoms. The van der Waals surface area contributed by atoms with E-state index in [1.165, 1.54) is 32.3 Å². The number of allylic oxidation sites excluding steroid dienone is 3. The summed E-state index contributed by atoms with van der Waals surface area (Å²) < 4.78 is 0. The summed E-state index contributed by atoms with van der Waals surface area (Å²) in [5.74, 6) is 0. The van der Waals surface area contributed by atoms with Crippen LogP contribution in [-0.2, 0) is 5.41 Å². The van der Waals surface area contributed by atoms with Gasteiger partial charge in [0.25, 0.3) is 0 Å². The van der Waals surface area contributed by atoms with Gasteiger partial charge in [-0.1, -0.05) is 74.6 Å². The molecule has 0 aromatic heterocycles. The van der Waals surface area contributed by atoms with Crippen LogP contribution >= 0.6 is 0 Å². The van der Waals surface area contributed by atoms with Crippen LogP contribution in [0, 0.1) is 0 Å². The molecule has 2 aromatic rings. The van der Waals surface area contributed by atoms with E-state index in [-0.39, 0.29) is 5.41 Å². The predicted molar refractivity (Wildman–Crippen MR) is 83.3 cm³/mol. The first-order valence-corrected chi connectivity index (χ1v) is 6.81. The minimum atomic E-state index is 0.101. The Kier molecular flexibility index (Phi) is 1.98. The Hall–Kier alpha value is -2.08. The first kappa shape index (κ1) is 10.8. The largest absolute Gasteiger partial charge is 0.0744 e. The van der Waals surface area contributed by atoms with Gasteiger partial charge in [-0.15, -0.1) is 0 Å². The van der Waals surface area contributed by atoms with Gasteiger partial charge in [-0.3, -0.25) is 0 Å². The molecule has 0 fully saturated rings. The molecule has 0 nitrogen and oxygen atoms in total. The van der Waals surface area contributed by atoms with Crippen LogP contribution in [0.2, 0.25) is 0 Å². The lowest BCUT2D eigenvalue weighted by Gasteiger charge is -2.26. The van der Waals surface area contributed by atoms with E-state index in [2.05, 4.69) is 74.6 Å². The van der Waals surface area contributed by atoms with Crippen molar-refractivity contribution in [1.82, 2.24) is 0 Å². The lowest BCUT2D eigenvalue weighted by atomic mass is 9.77. The molecular weight excluding hydrogens is 228 g/mol. The topological polar surface area (TPSA) is 0 Å². The Morgan fingerprint density at radius 2 is 1.53 bits per heavy atom. The van der Waals surface area contributed by atoms with Crippen LogP contribution < -0.4 is 10.4 Å². The molecule has 0 N–H and O–H groups in total. The summed E-state index contributed by atoms with van der Waals surface area (Å²) >= 11 is 0. The van der Waals surface area contributed by atoms with Crippen molar-refractivity contribution in [2.45, 2.75) is 19.3 Å². The summed E-state index contributed by atoms with van der Waals surface area (Å²) in [7, 11) is 0. The van der Waals surface area contributed by atoms with Crippen LogP contribution in [0.1, 0.15) is 25.0 Å². The third kappa shape index (κ3) is 1.40. The second kappa shape index (κ2) is 3.48. The van der Waals surface area contributed by atoms with Gasteiger partial charge in [0, 0.05) is 5.41 Å². The van der Waals surface area contributed by atoms with Gasteiger partial charge >= 0.3 is 0 Å². The third-order valence-corrected chi connectivity index (χ3v) is 4.28. The lowest BCUT2D eigenvalue weighted by Crippen LogP contribution is -2.27. The molecule has 2 aliphatic rings. The molecule has 2 aromatic carbocycles. The van der Waals surface area contributed by atoms with Crippen molar-refractivity contribution in [1.29, 1.82) is 0 Å². The molecular formula is C19H16. The maximum atomic E-state index is 2.30. The van der Waals surface area contributed by atoms with Crippen LogP contribution in [0.5, 0.6) is 0 Å². The van der Waals surface area contributed by atoms with Gasteiger partial charge in [0.15, 0.2) is 0 Å². The zero-order valence-corrected chi connectivity index (χ0v) is 11.3. The zero-order valence-electron chi connectivity index (χ0n) is 11.3. The Bertz CT molecular complexity index is 874. The SMILES string of the molecule is CC1(C)C=CC=c2ccc3c4c(ccc3c21)=CC=C4. The number of hydrogen-bond acceptors (Lipinski definition) is 0. The fourth-order valence-electron chi connectivity index (χ4n) is 3.38. The van der Waals surface area contributed by atoms with Crippen LogP contribution in [-0.4, -0.2) is 0 Å². The normalized spacial score (nSPS) is 17.8. The average Bonchev–Trinajstić information content (AvgIpc) is 2.85. The number of rotatable bonds is 0. The molecule has 0 heterocycles. The highest BCUT2D eigenvalue weighted by atomic mass is 14.3. The number of hydrogen-bond donors (Lipinski definition) is 0. The highest BCUT2D eigenvalue weighted by Crippen LogP contribution is 2.31. The molecule has 0 radical (unpaired) electrons. The Morgan fingerprint density at radius 3 is 2.42 bits per heavy atom. The molecule has 92 valence electrons. The van der Waals surface area contributed by atoms with E-state index in [1.54, 1.807) is 0 Å². The quantitative estimate of drug-likeness (QED) is 0.667. The van der Waals surface area contributed by atoms with Crippen molar-refractivity contribution in [3.8, 4) is 0 Å². The molecule has 0 saturated carbocycles. The van der Waals surface area contributed by atoms with E-state index in [1.807, 2.05) is 0 Å². The van der Waals surface area contributed by atoms with Crippen molar-refractivity contribution in [2.24, 2.45) is 0 Å². The molecule has 2 aliphatic carbocycles. The third-order valence-electron chi connectivity index (χ3n) is 4.28. The molecule has 0 saturated heterocycles. The smallest absolute Gasteiger partial charge is 0.00905 e. The van der Waals surface area contributed by atoms with Gasteiger partial charge < -0.3 is 0 Å². The van der Waals surface area contributed by atoms with Crippen molar-refractivity contribution in [3.05, 3.63) is 64.1 Å². The summed E-state index contributed by atoms with van der Waals surface area (Å²) in [5, 5.41) is 5.45. The van der Waals surface area contributed by atoms with Crippen LogP contribution in [0.25, 0.3) is 29.0 Å². The molecule has 4 rings (SSSR count). The van der Waals surface area contributed by atoms with E-state index in [4.69, 9.17) is 0 Å². The van der Waals surface area contributed by atoms with E-state index in [0.717, 1.165) is 0 Å². The number of fused-ring (bicyclic) bond motifs is 5. The molecule has 0 spiro atoms. The summed E-state index contributed by atoms with van der Waals surface area (Å²) in [6, 6.07) is 9.05. The van der Waals surface area contributed by atoms with Crippen LogP contribution in [0.4, 0.5) is 0 Å². The summed E-state index contributed by atoms with van der Waals surface area (Å²) in [6.45, 7) is 4.59. The standard InChI is InChI=1S/C19H16/c1-19(2)12-4-6-14-9-10-16-15-7-3-5-13(15)8-11-17(16)18(14)19/h3-12H,1-2H3. The molecule has 0 unspecified atom stereocenters. The van der Waals surface area contributed by atoms with Gasteiger partial charge in [0.05, 0.1) is 0 Å². The van der Waals surface area contributed by atoms with Crippen molar-refractivity contribution < 1.29 is 0 Å². The van der Waals surface area contributed by atoms with Gasteiger partial charge in [-0.05, 0) is 32.3 Å². The van der Waals surface area contributed by atoms with Crippen molar-refractivity contribution in [3.63, 3.8) is 0 Å². The maximum absolute atomic E-state index is 2.30. The minimum absolute atomic E-state index is 0.101. The van der Waals surface area contributed by atoms with E-state index in [9.17, 15) is 0 Å². The second-order valence-corrected chi connectivity index (χ2v) is 5.97. The molecule has 0 amide bonds. The monoisotopic (exact) mass is 244 g/mol. The van der Waals surface area contributed by atoms with Gasteiger partial charge in [-0.25, -0.2) is 0 Å². The Balaban J connectivity index is 2.24. The van der Waals surface area contributed by atoms with Gasteiger partial charge in [0.1, 0.15) is 0 Å². The summed E-state index contributed by atoms with van der Waals surface area (Å²) in [4.78, 5) is 0. The van der Waals surface area contributed by atoms with E-state index < -0.39 is 0 Å². The molecule has 0 bridgehead atoms. The zero-order chi connectivity index (χ0) is 13.0. The summed E-state index contributed by atoms with van der Waals surface area (Å²) in [6.07, 6.45) is 13.2. The average molecular weight is 244 g/mol. The summed E-state index contributed by atoms with van der Waals surface area (Å²) in [5.41, 5.74) is 2.92. The Morgan fingerprint density at radius 1 is 0.789 bits per heavy atom. The predicted octanol–water partition coefficient (Wildman–Crippen LogP) is 3.28. The molecule has 0 atom stereocenters. The maximum Gasteiger partial charge on any atom is 0.00905 e. The first-order valence-electron chi connectivity index (χ1n) is 6.81.